The number of aliphatic hydroxyl groups excluding tert-OH is 1. The quantitative estimate of drug-likeness (QED) is 0.703. The van der Waals surface area contributed by atoms with Gasteiger partial charge in [0.2, 0.25) is 0 Å². The van der Waals surface area contributed by atoms with E-state index >= 15 is 0 Å². The highest BCUT2D eigenvalue weighted by atomic mass is 19.1. The van der Waals surface area contributed by atoms with Crippen molar-refractivity contribution in [3.63, 3.8) is 0 Å². The largest absolute Gasteiger partial charge is 0.497 e. The third-order valence-electron chi connectivity index (χ3n) is 3.73. The van der Waals surface area contributed by atoms with Gasteiger partial charge in [0.15, 0.2) is 11.5 Å². The van der Waals surface area contributed by atoms with Crippen molar-refractivity contribution in [3.8, 4) is 11.4 Å². The van der Waals surface area contributed by atoms with Crippen molar-refractivity contribution in [1.82, 2.24) is 20.3 Å². The van der Waals surface area contributed by atoms with Crippen LogP contribution in [0.3, 0.4) is 0 Å². The topological polar surface area (TPSA) is 89.3 Å². The number of carbonyl (C=O) groups excluding carboxylic acids is 1. The highest BCUT2D eigenvalue weighted by Crippen LogP contribution is 2.14. The molecular formula is C18H17FN4O3. The molecule has 0 spiro atoms. The number of rotatable bonds is 6. The lowest BCUT2D eigenvalue weighted by Crippen LogP contribution is -2.24. The lowest BCUT2D eigenvalue weighted by Gasteiger charge is -2.05. The second kappa shape index (κ2) is 7.75. The maximum Gasteiger partial charge on any atom is 0.274 e. The van der Waals surface area contributed by atoms with Gasteiger partial charge in [-0.05, 0) is 29.8 Å². The van der Waals surface area contributed by atoms with Crippen molar-refractivity contribution in [2.45, 2.75) is 13.2 Å². The van der Waals surface area contributed by atoms with Crippen molar-refractivity contribution in [2.75, 3.05) is 7.11 Å². The number of halogens is 1. The fourth-order valence-electron chi connectivity index (χ4n) is 2.35. The van der Waals surface area contributed by atoms with Gasteiger partial charge in [0.05, 0.1) is 13.7 Å². The molecule has 1 aromatic heterocycles. The Morgan fingerprint density at radius 3 is 2.58 bits per heavy atom. The Kier molecular flexibility index (Phi) is 5.23. The predicted octanol–water partition coefficient (Wildman–Crippen LogP) is 1.84. The Bertz CT molecular complexity index is 909. The maximum absolute atomic E-state index is 13.9. The number of carbonyl (C=O) groups is 1. The summed E-state index contributed by atoms with van der Waals surface area (Å²) in [5.41, 5.74) is 0.979. The number of amides is 1. The molecule has 0 atom stereocenters. The number of aliphatic hydroxyl groups is 1. The van der Waals surface area contributed by atoms with Crippen molar-refractivity contribution >= 4 is 5.91 Å². The zero-order chi connectivity index (χ0) is 18.5. The monoisotopic (exact) mass is 356 g/mol. The molecule has 0 aliphatic carbocycles. The summed E-state index contributed by atoms with van der Waals surface area (Å²) in [5, 5.41) is 20.2. The Balaban J connectivity index is 1.77. The molecule has 0 saturated heterocycles. The minimum Gasteiger partial charge on any atom is -0.497 e. The molecule has 8 heteroatoms. The van der Waals surface area contributed by atoms with E-state index in [0.717, 1.165) is 16.1 Å². The molecule has 0 radical (unpaired) electrons. The minimum atomic E-state index is -0.530. The number of ether oxygens (including phenoxy) is 1. The van der Waals surface area contributed by atoms with Gasteiger partial charge in [0, 0.05) is 6.54 Å². The molecule has 1 amide bonds. The van der Waals surface area contributed by atoms with Crippen LogP contribution >= 0.6 is 0 Å². The zero-order valence-electron chi connectivity index (χ0n) is 14.0. The molecule has 0 fully saturated rings. The summed E-state index contributed by atoms with van der Waals surface area (Å²) >= 11 is 0. The highest BCUT2D eigenvalue weighted by Gasteiger charge is 2.19. The van der Waals surface area contributed by atoms with Crippen LogP contribution in [0, 0.1) is 5.82 Å². The fraction of sp³-hybridized carbons (Fsp3) is 0.167. The van der Waals surface area contributed by atoms with Gasteiger partial charge in [-0.25, -0.2) is 4.39 Å². The van der Waals surface area contributed by atoms with E-state index in [-0.39, 0.29) is 23.6 Å². The lowest BCUT2D eigenvalue weighted by molar-refractivity contribution is 0.0942. The number of hydrogen-bond acceptors (Lipinski definition) is 5. The first-order valence-corrected chi connectivity index (χ1v) is 7.85. The number of nitrogens with zero attached hydrogens (tertiary/aromatic N) is 3. The van der Waals surface area contributed by atoms with Crippen LogP contribution in [0.1, 0.15) is 21.7 Å². The zero-order valence-corrected chi connectivity index (χ0v) is 14.0. The summed E-state index contributed by atoms with van der Waals surface area (Å²) in [5.74, 6) is -0.319. The average molecular weight is 356 g/mol. The van der Waals surface area contributed by atoms with Gasteiger partial charge < -0.3 is 15.2 Å². The molecule has 2 aromatic carbocycles. The van der Waals surface area contributed by atoms with Gasteiger partial charge in [-0.2, -0.15) is 0 Å². The summed E-state index contributed by atoms with van der Waals surface area (Å²) < 4.78 is 19.0. The van der Waals surface area contributed by atoms with Gasteiger partial charge in [-0.1, -0.05) is 24.3 Å². The lowest BCUT2D eigenvalue weighted by atomic mass is 10.2. The van der Waals surface area contributed by atoms with Crippen molar-refractivity contribution < 1.29 is 19.0 Å². The Hall–Kier alpha value is -3.26. The van der Waals surface area contributed by atoms with Gasteiger partial charge >= 0.3 is 0 Å². The van der Waals surface area contributed by atoms with E-state index < -0.39 is 18.3 Å². The summed E-state index contributed by atoms with van der Waals surface area (Å²) in [6.07, 6.45) is 0. The molecule has 3 aromatic rings. The van der Waals surface area contributed by atoms with Gasteiger partial charge in [0.1, 0.15) is 17.1 Å². The third kappa shape index (κ3) is 3.70. The number of benzene rings is 2. The third-order valence-corrected chi connectivity index (χ3v) is 3.73. The van der Waals surface area contributed by atoms with Crippen LogP contribution in [-0.4, -0.2) is 33.1 Å². The Morgan fingerprint density at radius 2 is 1.92 bits per heavy atom. The predicted molar refractivity (Wildman–Crippen MR) is 91.4 cm³/mol. The molecule has 2 N–H and O–H groups in total. The molecule has 3 rings (SSSR count). The number of nitrogens with one attached hydrogen (secondary N) is 1. The van der Waals surface area contributed by atoms with Crippen LogP contribution in [-0.2, 0) is 13.2 Å². The van der Waals surface area contributed by atoms with E-state index in [1.807, 2.05) is 12.1 Å². The van der Waals surface area contributed by atoms with Crippen LogP contribution < -0.4 is 10.1 Å². The first-order chi connectivity index (χ1) is 12.6. The van der Waals surface area contributed by atoms with Crippen molar-refractivity contribution in [2.24, 2.45) is 0 Å². The van der Waals surface area contributed by atoms with Crippen LogP contribution in [0.5, 0.6) is 5.75 Å². The van der Waals surface area contributed by atoms with E-state index in [0.29, 0.717) is 0 Å². The van der Waals surface area contributed by atoms with E-state index in [9.17, 15) is 14.3 Å². The molecule has 7 nitrogen and oxygen atoms in total. The molecule has 0 aliphatic rings. The summed E-state index contributed by atoms with van der Waals surface area (Å²) in [6, 6.07) is 13.1. The van der Waals surface area contributed by atoms with Gasteiger partial charge in [-0.15, -0.1) is 15.0 Å². The maximum atomic E-state index is 13.9. The molecule has 1 heterocycles. The van der Waals surface area contributed by atoms with Crippen LogP contribution in [0.15, 0.2) is 48.5 Å². The Labute approximate surface area is 149 Å². The highest BCUT2D eigenvalue weighted by molar-refractivity contribution is 5.93. The number of aromatic nitrogens is 3. The summed E-state index contributed by atoms with van der Waals surface area (Å²) in [7, 11) is 1.58. The summed E-state index contributed by atoms with van der Waals surface area (Å²) in [4.78, 5) is 13.4. The summed E-state index contributed by atoms with van der Waals surface area (Å²) in [6.45, 7) is -0.222. The first-order valence-electron chi connectivity index (χ1n) is 7.85. The van der Waals surface area contributed by atoms with Crippen LogP contribution in [0.4, 0.5) is 4.39 Å². The van der Waals surface area contributed by atoms with E-state index in [2.05, 4.69) is 15.5 Å². The standard InChI is InChI=1S/C18H17FN4O3/c1-26-13-8-6-12(7-9-13)10-20-18(25)17-15(11-24)21-23(22-17)16-5-3-2-4-14(16)19/h2-9,24H,10-11H2,1H3,(H,20,25). The minimum absolute atomic E-state index is 0.0516. The second-order valence-corrected chi connectivity index (χ2v) is 5.43. The van der Waals surface area contributed by atoms with E-state index in [1.54, 1.807) is 25.3 Å². The van der Waals surface area contributed by atoms with Gasteiger partial charge in [-0.3, -0.25) is 4.79 Å². The molecule has 26 heavy (non-hydrogen) atoms. The van der Waals surface area contributed by atoms with E-state index in [1.165, 1.54) is 18.2 Å². The molecule has 0 aliphatic heterocycles. The Morgan fingerprint density at radius 1 is 1.19 bits per heavy atom. The normalized spacial score (nSPS) is 10.6. The molecule has 0 unspecified atom stereocenters. The first kappa shape index (κ1) is 17.6. The molecule has 0 bridgehead atoms. The molecule has 134 valence electrons. The number of para-hydroxylation sites is 1. The van der Waals surface area contributed by atoms with Crippen molar-refractivity contribution in [3.05, 3.63) is 71.3 Å². The van der Waals surface area contributed by atoms with Crippen molar-refractivity contribution in [1.29, 1.82) is 0 Å². The average Bonchev–Trinajstić information content (AvgIpc) is 3.11. The molecule has 0 saturated carbocycles. The van der Waals surface area contributed by atoms with Crippen LogP contribution in [0.2, 0.25) is 0 Å². The van der Waals surface area contributed by atoms with Crippen LogP contribution in [0.25, 0.3) is 5.69 Å². The number of methoxy groups -OCH3 is 1. The number of hydrogen-bond donors (Lipinski definition) is 2. The second-order valence-electron chi connectivity index (χ2n) is 5.43. The van der Waals surface area contributed by atoms with E-state index in [4.69, 9.17) is 4.74 Å². The fourth-order valence-corrected chi connectivity index (χ4v) is 2.35. The SMILES string of the molecule is COc1ccc(CNC(=O)c2nn(-c3ccccc3F)nc2CO)cc1. The smallest absolute Gasteiger partial charge is 0.274 e. The van der Waals surface area contributed by atoms with Gasteiger partial charge in [0.25, 0.3) is 5.91 Å². The molecular weight excluding hydrogens is 339 g/mol.